The van der Waals surface area contributed by atoms with Gasteiger partial charge >= 0.3 is 5.97 Å². The van der Waals surface area contributed by atoms with E-state index in [9.17, 15) is 18.0 Å². The topological polar surface area (TPSA) is 111 Å². The third-order valence-corrected chi connectivity index (χ3v) is 8.42. The second kappa shape index (κ2) is 8.48. The van der Waals surface area contributed by atoms with Crippen LogP contribution in [-0.2, 0) is 26.6 Å². The van der Waals surface area contributed by atoms with Gasteiger partial charge in [0.2, 0.25) is 5.91 Å². The second-order valence-corrected chi connectivity index (χ2v) is 10.5. The monoisotopic (exact) mass is 454 g/mol. The van der Waals surface area contributed by atoms with Crippen LogP contribution in [-0.4, -0.2) is 54.3 Å². The van der Waals surface area contributed by atoms with Crippen LogP contribution in [0.4, 0.5) is 5.00 Å². The average Bonchev–Trinajstić information content (AvgIpc) is 3.20. The molecule has 9 nitrogen and oxygen atoms in total. The van der Waals surface area contributed by atoms with Gasteiger partial charge in [-0.1, -0.05) is 0 Å². The van der Waals surface area contributed by atoms with Crippen LogP contribution in [0, 0.1) is 26.7 Å². The number of imidazole rings is 1. The van der Waals surface area contributed by atoms with Gasteiger partial charge in [-0.25, -0.2) is 18.2 Å². The molecule has 2 aromatic heterocycles. The molecule has 1 amide bonds. The Hall–Kier alpha value is -2.24. The lowest BCUT2D eigenvalue weighted by Gasteiger charge is -2.29. The SMILES string of the molecule is COC(=O)c1c(NC(=O)C2CCN(S(=O)(=O)c3cn(C)c(C)n3)CC2)sc(C)c1C. The van der Waals surface area contributed by atoms with Crippen molar-refractivity contribution in [2.75, 3.05) is 25.5 Å². The number of piperidine rings is 1. The highest BCUT2D eigenvalue weighted by Crippen LogP contribution is 2.34. The third kappa shape index (κ3) is 4.14. The Morgan fingerprint density at radius 1 is 1.23 bits per heavy atom. The number of sulfonamides is 1. The number of carbonyl (C=O) groups excluding carboxylic acids is 2. The molecule has 0 saturated carbocycles. The third-order valence-electron chi connectivity index (χ3n) is 5.53. The average molecular weight is 455 g/mol. The fourth-order valence-electron chi connectivity index (χ4n) is 3.42. The molecule has 0 aromatic carbocycles. The maximum Gasteiger partial charge on any atom is 0.341 e. The minimum Gasteiger partial charge on any atom is -0.465 e. The minimum absolute atomic E-state index is 0.0256. The number of nitrogens with zero attached hydrogens (tertiary/aromatic N) is 3. The van der Waals surface area contributed by atoms with E-state index >= 15 is 0 Å². The van der Waals surface area contributed by atoms with Gasteiger partial charge in [0, 0.05) is 37.1 Å². The molecule has 0 aliphatic carbocycles. The molecule has 3 heterocycles. The molecule has 0 spiro atoms. The minimum atomic E-state index is -3.68. The first kappa shape index (κ1) is 22.4. The summed E-state index contributed by atoms with van der Waals surface area (Å²) in [4.78, 5) is 29.9. The van der Waals surface area contributed by atoms with Crippen LogP contribution in [0.5, 0.6) is 0 Å². The van der Waals surface area contributed by atoms with E-state index in [0.29, 0.717) is 29.2 Å². The number of nitrogens with one attached hydrogen (secondary N) is 1. The summed E-state index contributed by atoms with van der Waals surface area (Å²) in [5.41, 5.74) is 1.16. The molecule has 1 aliphatic rings. The van der Waals surface area contributed by atoms with Crippen LogP contribution in [0.2, 0.25) is 0 Å². The van der Waals surface area contributed by atoms with Crippen LogP contribution in [0.3, 0.4) is 0 Å². The molecule has 0 unspecified atom stereocenters. The Morgan fingerprint density at radius 2 is 1.87 bits per heavy atom. The Bertz CT molecular complexity index is 1060. The number of hydrogen-bond acceptors (Lipinski definition) is 7. The van der Waals surface area contributed by atoms with E-state index in [1.807, 2.05) is 13.8 Å². The van der Waals surface area contributed by atoms with Crippen molar-refractivity contribution in [3.05, 3.63) is 28.0 Å². The molecule has 30 heavy (non-hydrogen) atoms. The van der Waals surface area contributed by atoms with Gasteiger partial charge in [-0.15, -0.1) is 11.3 Å². The van der Waals surface area contributed by atoms with Gasteiger partial charge in [0.1, 0.15) is 10.8 Å². The number of thiophene rings is 1. The molecular formula is C19H26N4O5S2. The first-order chi connectivity index (χ1) is 14.1. The molecule has 164 valence electrons. The summed E-state index contributed by atoms with van der Waals surface area (Å²) in [6.07, 6.45) is 2.29. The summed E-state index contributed by atoms with van der Waals surface area (Å²) in [5.74, 6) is -0.424. The molecule has 1 saturated heterocycles. The van der Waals surface area contributed by atoms with E-state index < -0.39 is 16.0 Å². The van der Waals surface area contributed by atoms with Crippen molar-refractivity contribution in [2.45, 2.75) is 38.6 Å². The number of rotatable bonds is 5. The normalized spacial score (nSPS) is 15.9. The molecular weight excluding hydrogens is 428 g/mol. The number of anilines is 1. The number of aryl methyl sites for hydroxylation is 3. The summed E-state index contributed by atoms with van der Waals surface area (Å²) >= 11 is 1.33. The largest absolute Gasteiger partial charge is 0.465 e. The van der Waals surface area contributed by atoms with Crippen molar-refractivity contribution in [1.29, 1.82) is 0 Å². The van der Waals surface area contributed by atoms with E-state index in [4.69, 9.17) is 4.74 Å². The Labute approximate surface area is 180 Å². The fourth-order valence-corrected chi connectivity index (χ4v) is 5.96. The van der Waals surface area contributed by atoms with Gasteiger partial charge in [0.25, 0.3) is 10.0 Å². The van der Waals surface area contributed by atoms with Crippen LogP contribution < -0.4 is 5.32 Å². The van der Waals surface area contributed by atoms with E-state index in [1.54, 1.807) is 18.5 Å². The molecule has 2 aromatic rings. The smallest absolute Gasteiger partial charge is 0.341 e. The van der Waals surface area contributed by atoms with E-state index in [-0.39, 0.29) is 29.9 Å². The molecule has 0 atom stereocenters. The maximum absolute atomic E-state index is 12.8. The van der Waals surface area contributed by atoms with Crippen molar-refractivity contribution in [3.63, 3.8) is 0 Å². The van der Waals surface area contributed by atoms with Gasteiger partial charge in [-0.3, -0.25) is 4.79 Å². The zero-order valence-corrected chi connectivity index (χ0v) is 19.3. The highest BCUT2D eigenvalue weighted by Gasteiger charge is 2.34. The van der Waals surface area contributed by atoms with Crippen molar-refractivity contribution in [2.24, 2.45) is 13.0 Å². The first-order valence-electron chi connectivity index (χ1n) is 9.55. The van der Waals surface area contributed by atoms with Crippen LogP contribution in [0.1, 0.15) is 39.5 Å². The Balaban J connectivity index is 1.68. The number of carbonyl (C=O) groups is 2. The van der Waals surface area contributed by atoms with Gasteiger partial charge in [0.15, 0.2) is 5.03 Å². The lowest BCUT2D eigenvalue weighted by Crippen LogP contribution is -2.41. The molecule has 0 bridgehead atoms. The Morgan fingerprint density at radius 3 is 2.40 bits per heavy atom. The number of aromatic nitrogens is 2. The molecule has 0 radical (unpaired) electrons. The lowest BCUT2D eigenvalue weighted by molar-refractivity contribution is -0.120. The van der Waals surface area contributed by atoms with Crippen molar-refractivity contribution in [3.8, 4) is 0 Å². The quantitative estimate of drug-likeness (QED) is 0.694. The number of ether oxygens (including phenoxy) is 1. The van der Waals surface area contributed by atoms with Crippen molar-refractivity contribution >= 4 is 38.2 Å². The zero-order chi connectivity index (χ0) is 22.2. The molecule has 1 aliphatic heterocycles. The van der Waals surface area contributed by atoms with E-state index in [0.717, 1.165) is 10.4 Å². The van der Waals surface area contributed by atoms with Crippen LogP contribution >= 0.6 is 11.3 Å². The predicted octanol–water partition coefficient (Wildman–Crippen LogP) is 2.23. The molecule has 3 rings (SSSR count). The lowest BCUT2D eigenvalue weighted by atomic mass is 9.97. The zero-order valence-electron chi connectivity index (χ0n) is 17.7. The summed E-state index contributed by atoms with van der Waals surface area (Å²) < 4.78 is 33.5. The summed E-state index contributed by atoms with van der Waals surface area (Å²) in [7, 11) is -0.635. The highest BCUT2D eigenvalue weighted by atomic mass is 32.2. The van der Waals surface area contributed by atoms with Crippen LogP contribution in [0.25, 0.3) is 0 Å². The van der Waals surface area contributed by atoms with Gasteiger partial charge < -0.3 is 14.6 Å². The van der Waals surface area contributed by atoms with E-state index in [2.05, 4.69) is 10.3 Å². The van der Waals surface area contributed by atoms with Crippen LogP contribution in [0.15, 0.2) is 11.2 Å². The maximum atomic E-state index is 12.8. The number of hydrogen-bond donors (Lipinski definition) is 1. The predicted molar refractivity (Wildman–Crippen MR) is 113 cm³/mol. The van der Waals surface area contributed by atoms with Gasteiger partial charge in [0.05, 0.1) is 12.7 Å². The molecule has 11 heteroatoms. The second-order valence-electron chi connectivity index (χ2n) is 7.38. The highest BCUT2D eigenvalue weighted by molar-refractivity contribution is 7.89. The van der Waals surface area contributed by atoms with Gasteiger partial charge in [-0.2, -0.15) is 4.31 Å². The first-order valence-corrected chi connectivity index (χ1v) is 11.8. The van der Waals surface area contributed by atoms with Gasteiger partial charge in [-0.05, 0) is 39.2 Å². The summed E-state index contributed by atoms with van der Waals surface area (Å²) in [6, 6.07) is 0. The number of methoxy groups -OCH3 is 1. The molecule has 1 N–H and O–H groups in total. The van der Waals surface area contributed by atoms with E-state index in [1.165, 1.54) is 28.9 Å². The summed E-state index contributed by atoms with van der Waals surface area (Å²) in [5, 5.41) is 3.35. The summed E-state index contributed by atoms with van der Waals surface area (Å²) in [6.45, 7) is 5.91. The van der Waals surface area contributed by atoms with Crippen molar-refractivity contribution < 1.29 is 22.7 Å². The fraction of sp³-hybridized carbons (Fsp3) is 0.526. The number of amides is 1. The van der Waals surface area contributed by atoms with Crippen molar-refractivity contribution in [1.82, 2.24) is 13.9 Å². The Kier molecular flexibility index (Phi) is 6.34. The molecule has 1 fully saturated rings. The standard InChI is InChI=1S/C19H26N4O5S2/c1-11-12(2)29-18(16(11)19(25)28-5)21-17(24)14-6-8-23(9-7-14)30(26,27)15-10-22(4)13(3)20-15/h10,14H,6-9H2,1-5H3,(H,21,24). The number of esters is 1.